The minimum Gasteiger partial charge on any atom is -0.345 e. The zero-order valence-electron chi connectivity index (χ0n) is 13.8. The Morgan fingerprint density at radius 2 is 1.82 bits per heavy atom. The molecule has 0 aromatic carbocycles. The molecular formula is C9H15N2O14P3. The molecule has 0 amide bonds. The topological polar surface area (TPSA) is 233 Å². The fourth-order valence-electron chi connectivity index (χ4n) is 1.94. The number of hydrogen-bond acceptors (Lipinski definition) is 10. The van der Waals surface area contributed by atoms with Crippen LogP contribution in [0, 0.1) is 6.92 Å². The van der Waals surface area contributed by atoms with E-state index in [1.54, 1.807) is 0 Å². The number of aromatic amines is 1. The van der Waals surface area contributed by atoms with Crippen LogP contribution in [0.2, 0.25) is 0 Å². The third kappa shape index (κ3) is 6.81. The highest BCUT2D eigenvalue weighted by Gasteiger charge is 2.41. The number of rotatable bonds is 8. The van der Waals surface area contributed by atoms with Gasteiger partial charge in [-0.25, -0.2) is 18.5 Å². The lowest BCUT2D eigenvalue weighted by atomic mass is 10.4. The average Bonchev–Trinajstić information content (AvgIpc) is 2.94. The first kappa shape index (κ1) is 23.3. The summed E-state index contributed by atoms with van der Waals surface area (Å²) in [6.07, 6.45) is -1.13. The molecule has 0 aliphatic carbocycles. The van der Waals surface area contributed by atoms with Gasteiger partial charge in [-0.2, -0.15) is 8.62 Å². The normalized spacial score (nSPS) is 24.6. The summed E-state index contributed by atoms with van der Waals surface area (Å²) >= 11 is 0. The first-order valence-electron chi connectivity index (χ1n) is 7.05. The average molecular weight is 468 g/mol. The molecule has 2 unspecified atom stereocenters. The maximum Gasteiger partial charge on any atom is 0.490 e. The van der Waals surface area contributed by atoms with Crippen LogP contribution in [0.25, 0.3) is 0 Å². The lowest BCUT2D eigenvalue weighted by Crippen LogP contribution is -2.34. The van der Waals surface area contributed by atoms with Crippen molar-refractivity contribution in [3.8, 4) is 0 Å². The summed E-state index contributed by atoms with van der Waals surface area (Å²) in [6, 6.07) is 0. The summed E-state index contributed by atoms with van der Waals surface area (Å²) in [5, 5.41) is 0. The van der Waals surface area contributed by atoms with Gasteiger partial charge in [-0.15, -0.1) is 0 Å². The van der Waals surface area contributed by atoms with Gasteiger partial charge in [-0.1, -0.05) is 0 Å². The molecule has 1 aromatic rings. The predicted molar refractivity (Wildman–Crippen MR) is 85.7 cm³/mol. The van der Waals surface area contributed by atoms with Crippen molar-refractivity contribution in [1.29, 1.82) is 0 Å². The van der Waals surface area contributed by atoms with Gasteiger partial charge in [0.15, 0.2) is 12.5 Å². The van der Waals surface area contributed by atoms with Crippen LogP contribution in [0.4, 0.5) is 0 Å². The Morgan fingerprint density at radius 3 is 2.43 bits per heavy atom. The standard InChI is InChI=1S/C9H15N2O14P3/c1-5-2-11(9(13)10-8(5)12)6-3-21-7(23-6)4-22-27(17,18)25-28(19,20)24-26(14,15)16/h2,6-7H,3-4H2,1H3,(H,17,18)(H,19,20)(H,10,12,13)(H2,14,15,16)/t6-,7-/m0/s1. The van der Waals surface area contributed by atoms with Crippen LogP contribution < -0.4 is 11.2 Å². The smallest absolute Gasteiger partial charge is 0.345 e. The van der Waals surface area contributed by atoms with Crippen LogP contribution in [0.5, 0.6) is 0 Å². The molecule has 1 saturated heterocycles. The molecule has 1 aliphatic heterocycles. The van der Waals surface area contributed by atoms with Crippen molar-refractivity contribution >= 4 is 23.5 Å². The molecule has 0 radical (unpaired) electrons. The first-order valence-corrected chi connectivity index (χ1v) is 11.6. The minimum atomic E-state index is -5.64. The van der Waals surface area contributed by atoms with E-state index >= 15 is 0 Å². The molecule has 16 nitrogen and oxygen atoms in total. The number of H-pyrrole nitrogens is 1. The van der Waals surface area contributed by atoms with Crippen molar-refractivity contribution in [2.75, 3.05) is 13.2 Å². The van der Waals surface area contributed by atoms with E-state index in [1.165, 1.54) is 13.1 Å². The van der Waals surface area contributed by atoms with Crippen molar-refractivity contribution < 1.29 is 55.9 Å². The van der Waals surface area contributed by atoms with Gasteiger partial charge < -0.3 is 29.0 Å². The maximum atomic E-state index is 11.8. The van der Waals surface area contributed by atoms with Crippen LogP contribution >= 0.6 is 23.5 Å². The molecule has 1 aromatic heterocycles. The monoisotopic (exact) mass is 468 g/mol. The van der Waals surface area contributed by atoms with E-state index in [4.69, 9.17) is 24.2 Å². The third-order valence-corrected chi connectivity index (χ3v) is 6.78. The summed E-state index contributed by atoms with van der Waals surface area (Å²) in [4.78, 5) is 60.4. The van der Waals surface area contributed by atoms with Crippen molar-refractivity contribution in [3.63, 3.8) is 0 Å². The molecule has 5 N–H and O–H groups in total. The second-order valence-corrected chi connectivity index (χ2v) is 9.64. The fourth-order valence-corrected chi connectivity index (χ4v) is 4.94. The number of phosphoric ester groups is 1. The summed E-state index contributed by atoms with van der Waals surface area (Å²) < 4.78 is 56.1. The Labute approximate surface area is 155 Å². The largest absolute Gasteiger partial charge is 0.490 e. The number of phosphoric acid groups is 3. The zero-order chi connectivity index (χ0) is 21.3. The van der Waals surface area contributed by atoms with Crippen LogP contribution in [0.15, 0.2) is 15.8 Å². The first-order chi connectivity index (χ1) is 12.7. The molecule has 1 aliphatic rings. The predicted octanol–water partition coefficient (Wildman–Crippen LogP) is -0.940. The Bertz CT molecular complexity index is 979. The van der Waals surface area contributed by atoms with Gasteiger partial charge in [0.25, 0.3) is 5.56 Å². The second kappa shape index (κ2) is 8.40. The van der Waals surface area contributed by atoms with E-state index in [9.17, 15) is 28.2 Å². The van der Waals surface area contributed by atoms with E-state index in [0.717, 1.165) is 4.57 Å². The van der Waals surface area contributed by atoms with Gasteiger partial charge >= 0.3 is 29.2 Å². The van der Waals surface area contributed by atoms with Gasteiger partial charge in [-0.05, 0) is 6.92 Å². The number of aryl methyl sites for hydroxylation is 1. The molecule has 0 spiro atoms. The Kier molecular flexibility index (Phi) is 6.99. The van der Waals surface area contributed by atoms with Crippen molar-refractivity contribution in [1.82, 2.24) is 9.55 Å². The maximum absolute atomic E-state index is 11.8. The highest BCUT2D eigenvalue weighted by molar-refractivity contribution is 7.66. The molecule has 19 heteroatoms. The lowest BCUT2D eigenvalue weighted by molar-refractivity contribution is -0.0974. The summed E-state index contributed by atoms with van der Waals surface area (Å²) in [7, 11) is -16.5. The number of nitrogens with zero attached hydrogens (tertiary/aromatic N) is 1. The molecule has 160 valence electrons. The van der Waals surface area contributed by atoms with E-state index in [0.29, 0.717) is 0 Å². The van der Waals surface area contributed by atoms with Gasteiger partial charge in [-0.3, -0.25) is 18.9 Å². The summed E-state index contributed by atoms with van der Waals surface area (Å²) in [5.74, 6) is 0. The van der Waals surface area contributed by atoms with E-state index in [2.05, 4.69) is 13.1 Å². The summed E-state index contributed by atoms with van der Waals surface area (Å²) in [6.45, 7) is 0.393. The Hall–Kier alpha value is -0.990. The SMILES string of the molecule is Cc1cn([C@@H]2CO[C@H](COP(=O)(O)OP(=O)(O)OP(=O)(O)O)O2)c(=O)[nH]c1=O. The van der Waals surface area contributed by atoms with Gasteiger partial charge in [0.05, 0.1) is 6.61 Å². The Balaban J connectivity index is 1.95. The molecule has 28 heavy (non-hydrogen) atoms. The molecule has 2 heterocycles. The fraction of sp³-hybridized carbons (Fsp3) is 0.556. The van der Waals surface area contributed by atoms with Crippen LogP contribution in [0.1, 0.15) is 11.8 Å². The minimum absolute atomic E-state index is 0.208. The molecule has 1 fully saturated rings. The summed E-state index contributed by atoms with van der Waals surface area (Å²) in [5.41, 5.74) is -1.18. The highest BCUT2D eigenvalue weighted by atomic mass is 31.3. The molecule has 4 atom stereocenters. The van der Waals surface area contributed by atoms with Crippen molar-refractivity contribution in [2.24, 2.45) is 0 Å². The van der Waals surface area contributed by atoms with Crippen LogP contribution in [0.3, 0.4) is 0 Å². The van der Waals surface area contributed by atoms with Gasteiger partial charge in [0.2, 0.25) is 0 Å². The highest BCUT2D eigenvalue weighted by Crippen LogP contribution is 2.66. The van der Waals surface area contributed by atoms with Crippen molar-refractivity contribution in [3.05, 3.63) is 32.6 Å². The number of hydrogen-bond donors (Lipinski definition) is 5. The van der Waals surface area contributed by atoms with E-state index in [-0.39, 0.29) is 12.2 Å². The number of ether oxygens (including phenoxy) is 2. The molecular weight excluding hydrogens is 453 g/mol. The molecule has 0 saturated carbocycles. The Morgan fingerprint density at radius 1 is 1.18 bits per heavy atom. The molecule has 0 bridgehead atoms. The van der Waals surface area contributed by atoms with Gasteiger partial charge in [0.1, 0.15) is 6.61 Å². The van der Waals surface area contributed by atoms with Crippen LogP contribution in [-0.4, -0.2) is 48.6 Å². The van der Waals surface area contributed by atoms with Gasteiger partial charge in [0, 0.05) is 11.8 Å². The second-order valence-electron chi connectivity index (χ2n) is 5.22. The van der Waals surface area contributed by atoms with E-state index < -0.39 is 53.8 Å². The number of aromatic nitrogens is 2. The zero-order valence-corrected chi connectivity index (χ0v) is 16.5. The van der Waals surface area contributed by atoms with Crippen molar-refractivity contribution in [2.45, 2.75) is 19.4 Å². The van der Waals surface area contributed by atoms with Crippen LogP contribution in [-0.2, 0) is 36.3 Å². The number of nitrogens with one attached hydrogen (secondary N) is 1. The lowest BCUT2D eigenvalue weighted by Gasteiger charge is -2.18. The quantitative estimate of drug-likeness (QED) is 0.290. The molecule has 2 rings (SSSR count). The van der Waals surface area contributed by atoms with E-state index in [1.807, 2.05) is 4.98 Å². The third-order valence-electron chi connectivity index (χ3n) is 2.98.